The highest BCUT2D eigenvalue weighted by Crippen LogP contribution is 2.29. The average Bonchev–Trinajstić information content (AvgIpc) is 3.32. The van der Waals surface area contributed by atoms with E-state index >= 15 is 0 Å². The topological polar surface area (TPSA) is 90.6 Å². The molecule has 8 nitrogen and oxygen atoms in total. The summed E-state index contributed by atoms with van der Waals surface area (Å²) in [6, 6.07) is 20.8. The Labute approximate surface area is 215 Å². The Kier molecular flexibility index (Phi) is 6.98. The third-order valence-electron chi connectivity index (χ3n) is 6.10. The maximum atomic E-state index is 13.0. The van der Waals surface area contributed by atoms with E-state index in [0.717, 1.165) is 40.3 Å². The quantitative estimate of drug-likeness (QED) is 0.264. The second kappa shape index (κ2) is 10.7. The zero-order chi connectivity index (χ0) is 25.8. The molecule has 0 atom stereocenters. The smallest absolute Gasteiger partial charge is 0.204 e. The molecule has 0 aliphatic heterocycles. The normalized spacial score (nSPS) is 11.1. The second-order valence-electron chi connectivity index (χ2n) is 8.59. The van der Waals surface area contributed by atoms with E-state index in [1.165, 1.54) is 0 Å². The molecule has 0 saturated heterocycles. The molecule has 0 bridgehead atoms. The fraction of sp³-hybridized carbons (Fsp3) is 0.241. The Hall–Kier alpha value is -4.46. The van der Waals surface area contributed by atoms with Crippen molar-refractivity contribution >= 4 is 28.3 Å². The van der Waals surface area contributed by atoms with Crippen molar-refractivity contribution in [3.8, 4) is 11.5 Å². The highest BCUT2D eigenvalue weighted by molar-refractivity contribution is 6.10. The first-order chi connectivity index (χ1) is 18.1. The predicted octanol–water partition coefficient (Wildman–Crippen LogP) is 5.27. The van der Waals surface area contributed by atoms with Crippen molar-refractivity contribution in [2.24, 2.45) is 0 Å². The summed E-state index contributed by atoms with van der Waals surface area (Å²) in [6.07, 6.45) is 0.760. The molecule has 0 saturated carbocycles. The van der Waals surface area contributed by atoms with Gasteiger partial charge in [0.2, 0.25) is 5.65 Å². The Bertz CT molecular complexity index is 1560. The number of fused-ring (bicyclic) bond motifs is 3. The average molecular weight is 496 g/mol. The van der Waals surface area contributed by atoms with E-state index in [9.17, 15) is 4.79 Å². The van der Waals surface area contributed by atoms with Crippen LogP contribution in [-0.4, -0.2) is 45.1 Å². The van der Waals surface area contributed by atoms with Crippen molar-refractivity contribution in [3.63, 3.8) is 0 Å². The number of nitrogens with one attached hydrogen (secondary N) is 1. The van der Waals surface area contributed by atoms with Crippen LogP contribution in [0.15, 0.2) is 66.7 Å². The molecule has 8 heteroatoms. The van der Waals surface area contributed by atoms with Crippen molar-refractivity contribution < 1.29 is 14.3 Å². The summed E-state index contributed by atoms with van der Waals surface area (Å²) in [7, 11) is 0. The number of aryl methyl sites for hydroxylation is 1. The van der Waals surface area contributed by atoms with E-state index in [1.807, 2.05) is 91.9 Å². The molecule has 3 aromatic carbocycles. The molecule has 2 aromatic heterocycles. The molecular weight excluding hydrogens is 466 g/mol. The van der Waals surface area contributed by atoms with Crippen LogP contribution in [0.5, 0.6) is 11.5 Å². The lowest BCUT2D eigenvalue weighted by molar-refractivity contribution is 0.103. The van der Waals surface area contributed by atoms with E-state index in [1.54, 1.807) is 0 Å². The van der Waals surface area contributed by atoms with E-state index in [4.69, 9.17) is 14.5 Å². The molecule has 0 amide bonds. The number of ketones is 1. The Morgan fingerprint density at radius 3 is 2.46 bits per heavy atom. The van der Waals surface area contributed by atoms with Crippen LogP contribution in [0.25, 0.3) is 16.7 Å². The van der Waals surface area contributed by atoms with Crippen molar-refractivity contribution in [2.75, 3.05) is 25.1 Å². The van der Waals surface area contributed by atoms with Crippen LogP contribution in [0.4, 0.5) is 5.82 Å². The number of carbonyl (C=O) groups excluding carboxylic acids is 1. The summed E-state index contributed by atoms with van der Waals surface area (Å²) in [5.41, 5.74) is 4.52. The molecule has 2 heterocycles. The number of ether oxygens (including phenoxy) is 2. The van der Waals surface area contributed by atoms with Crippen LogP contribution in [0.3, 0.4) is 0 Å². The Morgan fingerprint density at radius 2 is 1.68 bits per heavy atom. The van der Waals surface area contributed by atoms with Crippen LogP contribution in [0.2, 0.25) is 0 Å². The molecule has 37 heavy (non-hydrogen) atoms. The van der Waals surface area contributed by atoms with Crippen molar-refractivity contribution in [3.05, 3.63) is 89.2 Å². The van der Waals surface area contributed by atoms with Gasteiger partial charge < -0.3 is 14.8 Å². The number of hydrogen-bond donors (Lipinski definition) is 1. The minimum absolute atomic E-state index is 0.0367. The van der Waals surface area contributed by atoms with Crippen molar-refractivity contribution in [1.29, 1.82) is 0 Å². The molecule has 0 radical (unpaired) electrons. The second-order valence-corrected chi connectivity index (χ2v) is 8.59. The first-order valence-electron chi connectivity index (χ1n) is 12.5. The van der Waals surface area contributed by atoms with Gasteiger partial charge in [-0.1, -0.05) is 36.4 Å². The van der Waals surface area contributed by atoms with Crippen LogP contribution in [-0.2, 0) is 6.42 Å². The van der Waals surface area contributed by atoms with Crippen molar-refractivity contribution in [2.45, 2.75) is 27.2 Å². The largest absolute Gasteiger partial charge is 0.490 e. The maximum Gasteiger partial charge on any atom is 0.204 e. The maximum absolute atomic E-state index is 13.0. The number of hydrogen-bond acceptors (Lipinski definition) is 7. The van der Waals surface area contributed by atoms with Gasteiger partial charge in [-0.05, 0) is 63.1 Å². The van der Waals surface area contributed by atoms with Gasteiger partial charge in [-0.15, -0.1) is 10.2 Å². The third-order valence-corrected chi connectivity index (χ3v) is 6.10. The standard InChI is InChI=1S/C29H29N5O3/c1-4-36-25-14-11-20(17-26(25)37-5-2)15-16-30-28-29-33-32-19(3)34(29)24-18-22(12-13-23(24)31-28)27(35)21-9-7-6-8-10-21/h6-14,17-18H,4-5,15-16H2,1-3H3,(H,30,31). The fourth-order valence-corrected chi connectivity index (χ4v) is 4.36. The molecule has 0 aliphatic carbocycles. The molecule has 0 aliphatic rings. The van der Waals surface area contributed by atoms with Crippen LogP contribution >= 0.6 is 0 Å². The number of aromatic nitrogens is 4. The van der Waals surface area contributed by atoms with Crippen LogP contribution < -0.4 is 14.8 Å². The van der Waals surface area contributed by atoms with Gasteiger partial charge in [-0.2, -0.15) is 0 Å². The van der Waals surface area contributed by atoms with Gasteiger partial charge in [0.05, 0.1) is 24.2 Å². The van der Waals surface area contributed by atoms with Gasteiger partial charge in [0.1, 0.15) is 5.82 Å². The monoisotopic (exact) mass is 495 g/mol. The minimum Gasteiger partial charge on any atom is -0.490 e. The molecule has 5 rings (SSSR count). The van der Waals surface area contributed by atoms with Gasteiger partial charge in [0.25, 0.3) is 0 Å². The highest BCUT2D eigenvalue weighted by atomic mass is 16.5. The van der Waals surface area contributed by atoms with E-state index in [-0.39, 0.29) is 5.78 Å². The molecule has 0 unspecified atom stereocenters. The number of benzene rings is 3. The lowest BCUT2D eigenvalue weighted by Crippen LogP contribution is -2.10. The Morgan fingerprint density at radius 1 is 0.892 bits per heavy atom. The highest BCUT2D eigenvalue weighted by Gasteiger charge is 2.16. The zero-order valence-electron chi connectivity index (χ0n) is 21.2. The van der Waals surface area contributed by atoms with E-state index in [2.05, 4.69) is 15.5 Å². The lowest BCUT2D eigenvalue weighted by Gasteiger charge is -2.13. The minimum atomic E-state index is -0.0367. The molecule has 5 aromatic rings. The predicted molar refractivity (Wildman–Crippen MR) is 144 cm³/mol. The number of carbonyl (C=O) groups is 1. The van der Waals surface area contributed by atoms with Gasteiger partial charge in [-0.25, -0.2) is 4.98 Å². The lowest BCUT2D eigenvalue weighted by atomic mass is 10.0. The van der Waals surface area contributed by atoms with Crippen LogP contribution in [0.1, 0.15) is 41.2 Å². The van der Waals surface area contributed by atoms with Gasteiger partial charge >= 0.3 is 0 Å². The molecule has 1 N–H and O–H groups in total. The number of rotatable bonds is 10. The van der Waals surface area contributed by atoms with Crippen LogP contribution in [0, 0.1) is 6.92 Å². The molecular formula is C29H29N5O3. The van der Waals surface area contributed by atoms with E-state index < -0.39 is 0 Å². The van der Waals surface area contributed by atoms with Gasteiger partial charge in [0.15, 0.2) is 23.1 Å². The third kappa shape index (κ3) is 4.95. The first kappa shape index (κ1) is 24.2. The summed E-state index contributed by atoms with van der Waals surface area (Å²) in [4.78, 5) is 17.8. The number of anilines is 1. The molecule has 0 fully saturated rings. The first-order valence-corrected chi connectivity index (χ1v) is 12.5. The van der Waals surface area contributed by atoms with E-state index in [0.29, 0.717) is 42.4 Å². The SMILES string of the molecule is CCOc1ccc(CCNc2nc3ccc(C(=O)c4ccccc4)cc3n3c(C)nnc23)cc1OCC. The molecule has 0 spiro atoms. The molecule has 188 valence electrons. The van der Waals surface area contributed by atoms with Gasteiger partial charge in [-0.3, -0.25) is 9.20 Å². The number of nitrogens with zero attached hydrogens (tertiary/aromatic N) is 4. The summed E-state index contributed by atoms with van der Waals surface area (Å²) >= 11 is 0. The van der Waals surface area contributed by atoms with Crippen molar-refractivity contribution in [1.82, 2.24) is 19.6 Å². The zero-order valence-corrected chi connectivity index (χ0v) is 21.2. The summed E-state index contributed by atoms with van der Waals surface area (Å²) in [6.45, 7) is 7.62. The van der Waals surface area contributed by atoms with Gasteiger partial charge in [0, 0.05) is 17.7 Å². The summed E-state index contributed by atoms with van der Waals surface area (Å²) < 4.78 is 13.4. The summed E-state index contributed by atoms with van der Waals surface area (Å²) in [5, 5.41) is 12.1. The fourth-order valence-electron chi connectivity index (χ4n) is 4.36. The Balaban J connectivity index is 1.41. The summed E-state index contributed by atoms with van der Waals surface area (Å²) in [5.74, 6) is 2.84.